The molecule has 1 aromatic rings. The molecule has 2 fully saturated rings. The Kier molecular flexibility index (Phi) is 8.31. The first kappa shape index (κ1) is 21.6. The minimum absolute atomic E-state index is 0.0661. The molecule has 0 radical (unpaired) electrons. The maximum atomic E-state index is 12.4. The van der Waals surface area contributed by atoms with Crippen molar-refractivity contribution in [2.75, 3.05) is 66.0 Å². The van der Waals surface area contributed by atoms with E-state index in [4.69, 9.17) is 4.74 Å². The molecule has 0 unspecified atom stereocenters. The lowest BCUT2D eigenvalue weighted by atomic mass is 10.1. The zero-order chi connectivity index (χ0) is 20.5. The highest BCUT2D eigenvalue weighted by Crippen LogP contribution is 2.12. The van der Waals surface area contributed by atoms with Crippen molar-refractivity contribution in [2.45, 2.75) is 25.7 Å². The number of rotatable bonds is 8. The van der Waals surface area contributed by atoms with Crippen LogP contribution < -0.4 is 10.1 Å². The number of hydrogen-bond acceptors (Lipinski definition) is 5. The number of nitrogens with one attached hydrogen (secondary N) is 1. The lowest BCUT2D eigenvalue weighted by Crippen LogP contribution is -2.52. The number of benzene rings is 1. The summed E-state index contributed by atoms with van der Waals surface area (Å²) in [6.45, 7) is 6.76. The molecule has 1 aromatic carbocycles. The van der Waals surface area contributed by atoms with Crippen LogP contribution in [0.1, 0.15) is 24.8 Å². The van der Waals surface area contributed by atoms with E-state index in [0.717, 1.165) is 64.3 Å². The summed E-state index contributed by atoms with van der Waals surface area (Å²) < 4.78 is 5.16. The predicted molar refractivity (Wildman–Crippen MR) is 113 cm³/mol. The second-order valence-electron chi connectivity index (χ2n) is 7.94. The van der Waals surface area contributed by atoms with Crippen LogP contribution in [-0.4, -0.2) is 92.5 Å². The zero-order valence-corrected chi connectivity index (χ0v) is 17.6. The molecule has 3 rings (SSSR count). The van der Waals surface area contributed by atoms with Crippen molar-refractivity contribution >= 4 is 11.8 Å². The number of piperidine rings is 1. The lowest BCUT2D eigenvalue weighted by Gasteiger charge is -2.35. The van der Waals surface area contributed by atoms with Crippen molar-refractivity contribution in [3.05, 3.63) is 29.8 Å². The van der Waals surface area contributed by atoms with Gasteiger partial charge in [-0.2, -0.15) is 0 Å². The SMILES string of the molecule is COc1ccc(CCNC(=O)CN2CCN(CC(=O)N3CCCCC3)CC2)cc1. The summed E-state index contributed by atoms with van der Waals surface area (Å²) in [6, 6.07) is 7.92. The Morgan fingerprint density at radius 3 is 2.14 bits per heavy atom. The van der Waals surface area contributed by atoms with Crippen LogP contribution >= 0.6 is 0 Å². The van der Waals surface area contributed by atoms with Crippen LogP contribution in [0.3, 0.4) is 0 Å². The third-order valence-corrected chi connectivity index (χ3v) is 5.79. The van der Waals surface area contributed by atoms with Gasteiger partial charge in [0.2, 0.25) is 11.8 Å². The van der Waals surface area contributed by atoms with E-state index in [0.29, 0.717) is 19.6 Å². The van der Waals surface area contributed by atoms with E-state index in [-0.39, 0.29) is 11.8 Å². The van der Waals surface area contributed by atoms with Gasteiger partial charge in [0.1, 0.15) is 5.75 Å². The first-order chi connectivity index (χ1) is 14.1. The zero-order valence-electron chi connectivity index (χ0n) is 17.6. The van der Waals surface area contributed by atoms with Crippen LogP contribution in [0.2, 0.25) is 0 Å². The van der Waals surface area contributed by atoms with Gasteiger partial charge in [0.05, 0.1) is 20.2 Å². The Hall–Kier alpha value is -2.12. The fraction of sp³-hybridized carbons (Fsp3) is 0.636. The molecule has 0 saturated carbocycles. The Morgan fingerprint density at radius 2 is 1.52 bits per heavy atom. The molecule has 2 aliphatic heterocycles. The molecule has 0 atom stereocenters. The summed E-state index contributed by atoms with van der Waals surface area (Å²) in [5.74, 6) is 1.17. The highest BCUT2D eigenvalue weighted by Gasteiger charge is 2.23. The van der Waals surface area contributed by atoms with E-state index >= 15 is 0 Å². The van der Waals surface area contributed by atoms with Crippen LogP contribution in [0.4, 0.5) is 0 Å². The van der Waals surface area contributed by atoms with Gasteiger partial charge in [-0.05, 0) is 43.4 Å². The Bertz CT molecular complexity index is 651. The average Bonchev–Trinajstić information content (AvgIpc) is 2.76. The molecule has 160 valence electrons. The van der Waals surface area contributed by atoms with E-state index in [9.17, 15) is 9.59 Å². The molecular formula is C22H34N4O3. The van der Waals surface area contributed by atoms with Crippen LogP contribution in [0, 0.1) is 0 Å². The largest absolute Gasteiger partial charge is 0.497 e. The van der Waals surface area contributed by atoms with Crippen LogP contribution in [-0.2, 0) is 16.0 Å². The topological polar surface area (TPSA) is 65.1 Å². The average molecular weight is 403 g/mol. The van der Waals surface area contributed by atoms with E-state index in [1.54, 1.807) is 7.11 Å². The van der Waals surface area contributed by atoms with Crippen molar-refractivity contribution in [2.24, 2.45) is 0 Å². The van der Waals surface area contributed by atoms with Crippen LogP contribution in [0.25, 0.3) is 0 Å². The van der Waals surface area contributed by atoms with E-state index in [2.05, 4.69) is 15.1 Å². The Labute approximate surface area is 174 Å². The molecule has 2 amide bonds. The van der Waals surface area contributed by atoms with Gasteiger partial charge in [-0.15, -0.1) is 0 Å². The molecule has 0 bridgehead atoms. The number of carbonyl (C=O) groups excluding carboxylic acids is 2. The van der Waals surface area contributed by atoms with Crippen molar-refractivity contribution in [3.8, 4) is 5.75 Å². The first-order valence-electron chi connectivity index (χ1n) is 10.8. The standard InChI is InChI=1S/C22H34N4O3/c1-29-20-7-5-19(6-8-20)9-10-23-21(27)17-24-13-15-25(16-14-24)18-22(28)26-11-3-2-4-12-26/h5-8H,2-4,9-18H2,1H3,(H,23,27). The Morgan fingerprint density at radius 1 is 0.897 bits per heavy atom. The van der Waals surface area contributed by atoms with Crippen molar-refractivity contribution in [1.82, 2.24) is 20.0 Å². The van der Waals surface area contributed by atoms with Gasteiger partial charge in [0.15, 0.2) is 0 Å². The van der Waals surface area contributed by atoms with Gasteiger partial charge in [0.25, 0.3) is 0 Å². The first-order valence-corrected chi connectivity index (χ1v) is 10.8. The van der Waals surface area contributed by atoms with Crippen molar-refractivity contribution < 1.29 is 14.3 Å². The smallest absolute Gasteiger partial charge is 0.236 e. The quantitative estimate of drug-likeness (QED) is 0.702. The molecule has 0 aromatic heterocycles. The molecule has 2 aliphatic rings. The maximum Gasteiger partial charge on any atom is 0.236 e. The summed E-state index contributed by atoms with van der Waals surface area (Å²) in [5.41, 5.74) is 1.18. The van der Waals surface area contributed by atoms with Crippen LogP contribution in [0.15, 0.2) is 24.3 Å². The summed E-state index contributed by atoms with van der Waals surface area (Å²) in [5, 5.41) is 3.01. The Balaban J connectivity index is 1.29. The highest BCUT2D eigenvalue weighted by molar-refractivity contribution is 5.78. The normalized spacial score (nSPS) is 18.4. The third kappa shape index (κ3) is 7.01. The minimum Gasteiger partial charge on any atom is -0.497 e. The monoisotopic (exact) mass is 402 g/mol. The molecule has 7 heteroatoms. The molecule has 2 saturated heterocycles. The fourth-order valence-electron chi connectivity index (χ4n) is 3.94. The van der Waals surface area contributed by atoms with E-state index < -0.39 is 0 Å². The number of amides is 2. The molecule has 1 N–H and O–H groups in total. The highest BCUT2D eigenvalue weighted by atomic mass is 16.5. The predicted octanol–water partition coefficient (Wildman–Crippen LogP) is 0.984. The molecule has 29 heavy (non-hydrogen) atoms. The number of ether oxygens (including phenoxy) is 1. The van der Waals surface area contributed by atoms with Gasteiger partial charge in [-0.3, -0.25) is 19.4 Å². The molecular weight excluding hydrogens is 368 g/mol. The maximum absolute atomic E-state index is 12.4. The second-order valence-corrected chi connectivity index (χ2v) is 7.94. The molecule has 0 aliphatic carbocycles. The molecule has 2 heterocycles. The van der Waals surface area contributed by atoms with E-state index in [1.807, 2.05) is 29.2 Å². The van der Waals surface area contributed by atoms with Crippen LogP contribution in [0.5, 0.6) is 5.75 Å². The lowest BCUT2D eigenvalue weighted by molar-refractivity contribution is -0.134. The van der Waals surface area contributed by atoms with Gasteiger partial charge in [-0.25, -0.2) is 0 Å². The van der Waals surface area contributed by atoms with Crippen molar-refractivity contribution in [3.63, 3.8) is 0 Å². The number of hydrogen-bond donors (Lipinski definition) is 1. The second kappa shape index (κ2) is 11.2. The number of carbonyl (C=O) groups is 2. The van der Waals surface area contributed by atoms with Gasteiger partial charge in [0, 0.05) is 45.8 Å². The summed E-state index contributed by atoms with van der Waals surface area (Å²) in [4.78, 5) is 31.0. The third-order valence-electron chi connectivity index (χ3n) is 5.79. The van der Waals surface area contributed by atoms with E-state index in [1.165, 1.54) is 12.0 Å². The number of piperazine rings is 1. The minimum atomic E-state index is 0.0661. The summed E-state index contributed by atoms with van der Waals surface area (Å²) in [6.07, 6.45) is 4.31. The summed E-state index contributed by atoms with van der Waals surface area (Å²) >= 11 is 0. The van der Waals surface area contributed by atoms with Gasteiger partial charge >= 0.3 is 0 Å². The number of methoxy groups -OCH3 is 1. The van der Waals surface area contributed by atoms with Crippen molar-refractivity contribution in [1.29, 1.82) is 0 Å². The molecule has 7 nitrogen and oxygen atoms in total. The van der Waals surface area contributed by atoms with Gasteiger partial charge in [-0.1, -0.05) is 12.1 Å². The fourth-order valence-corrected chi connectivity index (χ4v) is 3.94. The molecule has 0 spiro atoms. The number of nitrogens with zero attached hydrogens (tertiary/aromatic N) is 3. The van der Waals surface area contributed by atoms with Gasteiger partial charge < -0.3 is 15.0 Å². The number of likely N-dealkylation sites (tertiary alicyclic amines) is 1. The summed E-state index contributed by atoms with van der Waals surface area (Å²) in [7, 11) is 1.65.